The second kappa shape index (κ2) is 7.58. The second-order valence-electron chi connectivity index (χ2n) is 7.23. The number of benzene rings is 1. The Morgan fingerprint density at radius 2 is 2.00 bits per heavy atom. The fourth-order valence-corrected chi connectivity index (χ4v) is 3.73. The third-order valence-corrected chi connectivity index (χ3v) is 5.52. The first kappa shape index (κ1) is 18.4. The summed E-state index contributed by atoms with van der Waals surface area (Å²) in [5.41, 5.74) is 2.16. The van der Waals surface area contributed by atoms with Gasteiger partial charge in [-0.1, -0.05) is 18.2 Å². The molecule has 0 radical (unpaired) electrons. The summed E-state index contributed by atoms with van der Waals surface area (Å²) >= 11 is 0. The molecular formula is C21H23FN4O2. The van der Waals surface area contributed by atoms with E-state index < -0.39 is 0 Å². The van der Waals surface area contributed by atoms with E-state index in [0.29, 0.717) is 11.3 Å². The highest BCUT2D eigenvalue weighted by atomic mass is 19.1. The lowest BCUT2D eigenvalue weighted by Crippen LogP contribution is -2.40. The van der Waals surface area contributed by atoms with Crippen LogP contribution in [0.4, 0.5) is 10.2 Å². The Balaban J connectivity index is 1.40. The number of fused-ring (bicyclic) bond motifs is 1. The van der Waals surface area contributed by atoms with Gasteiger partial charge in [-0.2, -0.15) is 0 Å². The van der Waals surface area contributed by atoms with Crippen LogP contribution in [0.5, 0.6) is 0 Å². The highest BCUT2D eigenvalue weighted by Crippen LogP contribution is 2.32. The van der Waals surface area contributed by atoms with Crippen molar-refractivity contribution >= 4 is 22.8 Å². The van der Waals surface area contributed by atoms with Gasteiger partial charge in [0.1, 0.15) is 23.7 Å². The molecule has 0 atom stereocenters. The van der Waals surface area contributed by atoms with Crippen LogP contribution in [0.1, 0.15) is 29.7 Å². The van der Waals surface area contributed by atoms with Gasteiger partial charge in [-0.25, -0.2) is 14.4 Å². The number of hydrogen-bond donors (Lipinski definition) is 1. The summed E-state index contributed by atoms with van der Waals surface area (Å²) < 4.78 is 19.4. The summed E-state index contributed by atoms with van der Waals surface area (Å²) in [6, 6.07) is 6.50. The van der Waals surface area contributed by atoms with Gasteiger partial charge in [0.05, 0.1) is 5.39 Å². The Hall–Kier alpha value is -2.96. The minimum Gasteiger partial charge on any atom is -0.443 e. The Labute approximate surface area is 162 Å². The zero-order valence-corrected chi connectivity index (χ0v) is 16.0. The van der Waals surface area contributed by atoms with E-state index in [1.807, 2.05) is 13.8 Å². The molecule has 1 aliphatic rings. The largest absolute Gasteiger partial charge is 0.443 e. The molecule has 0 aliphatic carbocycles. The number of carbonyl (C=O) groups is 1. The number of hydrogen-bond acceptors (Lipinski definition) is 5. The SMILES string of the molecule is Cc1oc2ncnc(N3CCC(C(=O)NCc4ccccc4F)CC3)c2c1C. The van der Waals surface area contributed by atoms with Crippen LogP contribution in [0.2, 0.25) is 0 Å². The quantitative estimate of drug-likeness (QED) is 0.748. The van der Waals surface area contributed by atoms with E-state index in [1.165, 1.54) is 12.4 Å². The van der Waals surface area contributed by atoms with Crippen LogP contribution in [0.15, 0.2) is 35.0 Å². The molecule has 0 bridgehead atoms. The van der Waals surface area contributed by atoms with E-state index in [2.05, 4.69) is 20.2 Å². The maximum absolute atomic E-state index is 13.7. The lowest BCUT2D eigenvalue weighted by molar-refractivity contribution is -0.125. The molecule has 1 saturated heterocycles. The third kappa shape index (κ3) is 3.44. The maximum Gasteiger partial charge on any atom is 0.231 e. The van der Waals surface area contributed by atoms with Gasteiger partial charge in [-0.15, -0.1) is 0 Å². The predicted octanol–water partition coefficient (Wildman–Crippen LogP) is 3.51. The summed E-state index contributed by atoms with van der Waals surface area (Å²) in [6.07, 6.45) is 2.97. The van der Waals surface area contributed by atoms with Crippen molar-refractivity contribution in [1.29, 1.82) is 0 Å². The molecule has 1 amide bonds. The van der Waals surface area contributed by atoms with Gasteiger partial charge in [-0.3, -0.25) is 4.79 Å². The van der Waals surface area contributed by atoms with Crippen LogP contribution in [-0.4, -0.2) is 29.0 Å². The zero-order chi connectivity index (χ0) is 19.7. The summed E-state index contributed by atoms with van der Waals surface area (Å²) in [7, 11) is 0. The van der Waals surface area contributed by atoms with Crippen molar-refractivity contribution in [3.8, 4) is 0 Å². The number of rotatable bonds is 4. The molecule has 28 heavy (non-hydrogen) atoms. The molecule has 0 spiro atoms. The first-order chi connectivity index (χ1) is 13.5. The fourth-order valence-electron chi connectivity index (χ4n) is 3.73. The van der Waals surface area contributed by atoms with Crippen molar-refractivity contribution in [2.75, 3.05) is 18.0 Å². The first-order valence-corrected chi connectivity index (χ1v) is 9.51. The van der Waals surface area contributed by atoms with Crippen LogP contribution in [0.25, 0.3) is 11.1 Å². The van der Waals surface area contributed by atoms with Gasteiger partial charge in [0.15, 0.2) is 0 Å². The first-order valence-electron chi connectivity index (χ1n) is 9.51. The summed E-state index contributed by atoms with van der Waals surface area (Å²) in [5, 5.41) is 3.81. The number of piperidine rings is 1. The number of carbonyl (C=O) groups excluding carboxylic acids is 1. The van der Waals surface area contributed by atoms with Gasteiger partial charge in [0.25, 0.3) is 0 Å². The van der Waals surface area contributed by atoms with E-state index in [-0.39, 0.29) is 24.2 Å². The molecule has 2 aromatic heterocycles. The van der Waals surface area contributed by atoms with Gasteiger partial charge < -0.3 is 14.6 Å². The molecule has 1 fully saturated rings. The number of nitrogens with zero attached hydrogens (tertiary/aromatic N) is 3. The molecule has 0 saturated carbocycles. The monoisotopic (exact) mass is 382 g/mol. The molecule has 3 heterocycles. The van der Waals surface area contributed by atoms with Gasteiger partial charge >= 0.3 is 0 Å². The normalized spacial score (nSPS) is 15.2. The second-order valence-corrected chi connectivity index (χ2v) is 7.23. The predicted molar refractivity (Wildman–Crippen MR) is 104 cm³/mol. The van der Waals surface area contributed by atoms with Crippen molar-refractivity contribution in [1.82, 2.24) is 15.3 Å². The molecule has 7 heteroatoms. The molecule has 1 aliphatic heterocycles. The number of halogens is 1. The van der Waals surface area contributed by atoms with Crippen molar-refractivity contribution in [3.05, 3.63) is 53.3 Å². The topological polar surface area (TPSA) is 71.3 Å². The van der Waals surface area contributed by atoms with E-state index >= 15 is 0 Å². The summed E-state index contributed by atoms with van der Waals surface area (Å²) in [5.74, 6) is 1.32. The van der Waals surface area contributed by atoms with E-state index in [4.69, 9.17) is 4.42 Å². The summed E-state index contributed by atoms with van der Waals surface area (Å²) in [6.45, 7) is 5.61. The highest BCUT2D eigenvalue weighted by molar-refractivity contribution is 5.90. The van der Waals surface area contributed by atoms with Crippen LogP contribution in [-0.2, 0) is 11.3 Å². The van der Waals surface area contributed by atoms with Gasteiger partial charge in [0.2, 0.25) is 11.6 Å². The zero-order valence-electron chi connectivity index (χ0n) is 16.0. The van der Waals surface area contributed by atoms with E-state index in [9.17, 15) is 9.18 Å². The van der Waals surface area contributed by atoms with Crippen LogP contribution in [0.3, 0.4) is 0 Å². The minimum absolute atomic E-state index is 0.0222. The number of aromatic nitrogens is 2. The molecule has 1 aromatic carbocycles. The van der Waals surface area contributed by atoms with E-state index in [1.54, 1.807) is 18.2 Å². The Morgan fingerprint density at radius 1 is 1.25 bits per heavy atom. The number of aryl methyl sites for hydroxylation is 2. The number of furan rings is 1. The van der Waals surface area contributed by atoms with Crippen molar-refractivity contribution in [2.45, 2.75) is 33.2 Å². The molecule has 6 nitrogen and oxygen atoms in total. The van der Waals surface area contributed by atoms with Gasteiger partial charge in [-0.05, 0) is 32.8 Å². The molecule has 0 unspecified atom stereocenters. The average molecular weight is 382 g/mol. The molecule has 4 rings (SSSR count). The van der Waals surface area contributed by atoms with Crippen LogP contribution >= 0.6 is 0 Å². The fraction of sp³-hybridized carbons (Fsp3) is 0.381. The van der Waals surface area contributed by atoms with Crippen molar-refractivity contribution in [3.63, 3.8) is 0 Å². The Kier molecular flexibility index (Phi) is 4.98. The number of nitrogens with one attached hydrogen (secondary N) is 1. The lowest BCUT2D eigenvalue weighted by atomic mass is 9.95. The highest BCUT2D eigenvalue weighted by Gasteiger charge is 2.27. The smallest absolute Gasteiger partial charge is 0.231 e. The molecule has 1 N–H and O–H groups in total. The number of anilines is 1. The minimum atomic E-state index is -0.295. The van der Waals surface area contributed by atoms with Crippen LogP contribution < -0.4 is 10.2 Å². The van der Waals surface area contributed by atoms with Crippen LogP contribution in [0, 0.1) is 25.6 Å². The van der Waals surface area contributed by atoms with Gasteiger partial charge in [0, 0.05) is 36.7 Å². The standard InChI is InChI=1S/C21H23FN4O2/c1-13-14(2)28-21-18(13)19(24-12-25-21)26-9-7-15(8-10-26)20(27)23-11-16-5-3-4-6-17(16)22/h3-6,12,15H,7-11H2,1-2H3,(H,23,27). The van der Waals surface area contributed by atoms with Crippen molar-refractivity contribution in [2.24, 2.45) is 5.92 Å². The van der Waals surface area contributed by atoms with Crippen molar-refractivity contribution < 1.29 is 13.6 Å². The molecule has 3 aromatic rings. The third-order valence-electron chi connectivity index (χ3n) is 5.52. The number of amides is 1. The molecule has 146 valence electrons. The van der Waals surface area contributed by atoms with E-state index in [0.717, 1.165) is 48.5 Å². The Morgan fingerprint density at radius 3 is 2.75 bits per heavy atom. The lowest BCUT2D eigenvalue weighted by Gasteiger charge is -2.32. The summed E-state index contributed by atoms with van der Waals surface area (Å²) in [4.78, 5) is 23.4. The Bertz CT molecular complexity index is 1010. The average Bonchev–Trinajstić information content (AvgIpc) is 3.01. The maximum atomic E-state index is 13.7. The molecular weight excluding hydrogens is 359 g/mol.